The molecule has 4 rings (SSSR count). The molecule has 4 aromatic rings. The van der Waals surface area contributed by atoms with Gasteiger partial charge in [0, 0.05) is 17.3 Å². The van der Waals surface area contributed by atoms with E-state index in [9.17, 15) is 9.59 Å². The van der Waals surface area contributed by atoms with Crippen molar-refractivity contribution in [3.63, 3.8) is 0 Å². The SMILES string of the molecule is CCCCOc1ccc(C(=O)Nc2ccc3c(=O)c4ccccc4oc3c2)cc1. The lowest BCUT2D eigenvalue weighted by Crippen LogP contribution is -2.12. The Kier molecular flexibility index (Phi) is 5.29. The first kappa shape index (κ1) is 18.7. The predicted molar refractivity (Wildman–Crippen MR) is 115 cm³/mol. The zero-order valence-corrected chi connectivity index (χ0v) is 16.1. The summed E-state index contributed by atoms with van der Waals surface area (Å²) in [6.45, 7) is 2.77. The smallest absolute Gasteiger partial charge is 0.255 e. The third-order valence-corrected chi connectivity index (χ3v) is 4.72. The van der Waals surface area contributed by atoms with Crippen LogP contribution in [0.5, 0.6) is 5.75 Å². The minimum atomic E-state index is -0.243. The Bertz CT molecular complexity index is 1230. The van der Waals surface area contributed by atoms with E-state index in [0.29, 0.717) is 39.8 Å². The van der Waals surface area contributed by atoms with Crippen LogP contribution >= 0.6 is 0 Å². The minimum absolute atomic E-state index is 0.0848. The maximum absolute atomic E-state index is 12.6. The van der Waals surface area contributed by atoms with Crippen molar-refractivity contribution in [2.75, 3.05) is 11.9 Å². The fraction of sp³-hybridized carbons (Fsp3) is 0.167. The highest BCUT2D eigenvalue weighted by molar-refractivity contribution is 6.05. The molecule has 0 spiro atoms. The molecule has 0 unspecified atom stereocenters. The van der Waals surface area contributed by atoms with Crippen molar-refractivity contribution in [1.29, 1.82) is 0 Å². The fourth-order valence-electron chi connectivity index (χ4n) is 3.12. The number of hydrogen-bond acceptors (Lipinski definition) is 4. The molecule has 146 valence electrons. The molecule has 0 fully saturated rings. The van der Waals surface area contributed by atoms with E-state index in [1.807, 2.05) is 6.07 Å². The first-order chi connectivity index (χ1) is 14.2. The number of para-hydroxylation sites is 1. The van der Waals surface area contributed by atoms with Crippen LogP contribution in [0.1, 0.15) is 30.1 Å². The number of anilines is 1. The molecule has 3 aromatic carbocycles. The van der Waals surface area contributed by atoms with Gasteiger partial charge in [0.1, 0.15) is 16.9 Å². The zero-order valence-electron chi connectivity index (χ0n) is 16.1. The Hall–Kier alpha value is -3.60. The van der Waals surface area contributed by atoms with Gasteiger partial charge in [-0.1, -0.05) is 25.5 Å². The second-order valence-corrected chi connectivity index (χ2v) is 6.82. The quantitative estimate of drug-likeness (QED) is 0.356. The molecule has 29 heavy (non-hydrogen) atoms. The van der Waals surface area contributed by atoms with Gasteiger partial charge in [-0.25, -0.2) is 0 Å². The average molecular weight is 387 g/mol. The van der Waals surface area contributed by atoms with E-state index in [-0.39, 0.29) is 11.3 Å². The van der Waals surface area contributed by atoms with Crippen LogP contribution in [0.25, 0.3) is 21.9 Å². The molecule has 0 aliphatic heterocycles. The van der Waals surface area contributed by atoms with Crippen molar-refractivity contribution < 1.29 is 13.9 Å². The molecule has 0 radical (unpaired) electrons. The zero-order chi connectivity index (χ0) is 20.2. The van der Waals surface area contributed by atoms with E-state index in [4.69, 9.17) is 9.15 Å². The van der Waals surface area contributed by atoms with Crippen LogP contribution in [-0.4, -0.2) is 12.5 Å². The molecule has 0 bridgehead atoms. The second kappa shape index (κ2) is 8.19. The van der Waals surface area contributed by atoms with E-state index in [2.05, 4.69) is 12.2 Å². The number of carbonyl (C=O) groups excluding carboxylic acids is 1. The molecule has 1 N–H and O–H groups in total. The number of nitrogens with one attached hydrogen (secondary N) is 1. The predicted octanol–water partition coefficient (Wildman–Crippen LogP) is 5.38. The van der Waals surface area contributed by atoms with Gasteiger partial charge in [-0.05, 0) is 55.0 Å². The summed E-state index contributed by atoms with van der Waals surface area (Å²) in [7, 11) is 0. The number of benzene rings is 3. The van der Waals surface area contributed by atoms with Gasteiger partial charge in [0.25, 0.3) is 5.91 Å². The van der Waals surface area contributed by atoms with Crippen molar-refractivity contribution >= 4 is 33.5 Å². The van der Waals surface area contributed by atoms with E-state index in [1.54, 1.807) is 60.7 Å². The third kappa shape index (κ3) is 3.99. The molecule has 0 atom stereocenters. The Morgan fingerprint density at radius 1 is 0.966 bits per heavy atom. The first-order valence-corrected chi connectivity index (χ1v) is 9.65. The lowest BCUT2D eigenvalue weighted by Gasteiger charge is -2.08. The van der Waals surface area contributed by atoms with Crippen molar-refractivity contribution in [2.24, 2.45) is 0 Å². The maximum Gasteiger partial charge on any atom is 0.255 e. The Morgan fingerprint density at radius 2 is 1.72 bits per heavy atom. The van der Waals surface area contributed by atoms with Crippen LogP contribution < -0.4 is 15.5 Å². The molecule has 0 aliphatic carbocycles. The van der Waals surface area contributed by atoms with Gasteiger partial charge in [0.05, 0.1) is 17.4 Å². The Morgan fingerprint density at radius 3 is 2.52 bits per heavy atom. The fourth-order valence-corrected chi connectivity index (χ4v) is 3.12. The van der Waals surface area contributed by atoms with Gasteiger partial charge in [0.2, 0.25) is 5.43 Å². The molecular formula is C24H21NO4. The largest absolute Gasteiger partial charge is 0.494 e. The van der Waals surface area contributed by atoms with Crippen LogP contribution in [0.15, 0.2) is 75.9 Å². The summed E-state index contributed by atoms with van der Waals surface area (Å²) in [5.41, 5.74) is 1.95. The van der Waals surface area contributed by atoms with E-state index < -0.39 is 0 Å². The molecule has 5 nitrogen and oxygen atoms in total. The monoisotopic (exact) mass is 387 g/mol. The Balaban J connectivity index is 1.55. The van der Waals surface area contributed by atoms with Crippen LogP contribution in [-0.2, 0) is 0 Å². The topological polar surface area (TPSA) is 68.5 Å². The molecule has 0 saturated heterocycles. The highest BCUT2D eigenvalue weighted by Crippen LogP contribution is 2.22. The summed E-state index contributed by atoms with van der Waals surface area (Å²) in [5.74, 6) is 0.502. The van der Waals surface area contributed by atoms with E-state index in [1.165, 1.54) is 0 Å². The van der Waals surface area contributed by atoms with E-state index in [0.717, 1.165) is 18.6 Å². The van der Waals surface area contributed by atoms with Crippen molar-refractivity contribution in [3.05, 3.63) is 82.5 Å². The van der Waals surface area contributed by atoms with Gasteiger partial charge in [-0.3, -0.25) is 9.59 Å². The van der Waals surface area contributed by atoms with Gasteiger partial charge in [0.15, 0.2) is 0 Å². The van der Waals surface area contributed by atoms with Crippen LogP contribution in [0.4, 0.5) is 5.69 Å². The number of unbranched alkanes of at least 4 members (excludes halogenated alkanes) is 1. The van der Waals surface area contributed by atoms with Gasteiger partial charge < -0.3 is 14.5 Å². The lowest BCUT2D eigenvalue weighted by atomic mass is 10.1. The van der Waals surface area contributed by atoms with Crippen molar-refractivity contribution in [1.82, 2.24) is 0 Å². The highest BCUT2D eigenvalue weighted by Gasteiger charge is 2.10. The Labute approximate surface area is 167 Å². The molecule has 1 heterocycles. The minimum Gasteiger partial charge on any atom is -0.494 e. The van der Waals surface area contributed by atoms with Gasteiger partial charge in [-0.2, -0.15) is 0 Å². The molecule has 5 heteroatoms. The molecule has 0 aliphatic rings. The first-order valence-electron chi connectivity index (χ1n) is 9.65. The van der Waals surface area contributed by atoms with Gasteiger partial charge in [-0.15, -0.1) is 0 Å². The second-order valence-electron chi connectivity index (χ2n) is 6.82. The summed E-state index contributed by atoms with van der Waals surface area (Å²) in [6.07, 6.45) is 2.07. The third-order valence-electron chi connectivity index (χ3n) is 4.72. The number of rotatable bonds is 6. The van der Waals surface area contributed by atoms with Crippen LogP contribution in [0.3, 0.4) is 0 Å². The normalized spacial score (nSPS) is 10.9. The summed E-state index contributed by atoms with van der Waals surface area (Å²) in [6, 6.07) is 19.2. The number of amides is 1. The summed E-state index contributed by atoms with van der Waals surface area (Å²) in [5, 5.41) is 3.87. The van der Waals surface area contributed by atoms with Crippen molar-refractivity contribution in [3.8, 4) is 5.75 Å². The van der Waals surface area contributed by atoms with Crippen molar-refractivity contribution in [2.45, 2.75) is 19.8 Å². The number of fused-ring (bicyclic) bond motifs is 2. The van der Waals surface area contributed by atoms with Gasteiger partial charge >= 0.3 is 0 Å². The number of ether oxygens (including phenoxy) is 1. The molecule has 0 saturated carbocycles. The maximum atomic E-state index is 12.6. The molecular weight excluding hydrogens is 366 g/mol. The number of hydrogen-bond donors (Lipinski definition) is 1. The standard InChI is InChI=1S/C24H21NO4/c1-2-3-14-28-18-11-8-16(9-12-18)24(27)25-17-10-13-20-22(15-17)29-21-7-5-4-6-19(21)23(20)26/h4-13,15H,2-3,14H2,1H3,(H,25,27). The average Bonchev–Trinajstić information content (AvgIpc) is 2.74. The summed E-state index contributed by atoms with van der Waals surface area (Å²) < 4.78 is 11.5. The highest BCUT2D eigenvalue weighted by atomic mass is 16.5. The number of carbonyl (C=O) groups is 1. The van der Waals surface area contributed by atoms with Crippen LogP contribution in [0.2, 0.25) is 0 Å². The van der Waals surface area contributed by atoms with Crippen LogP contribution in [0, 0.1) is 0 Å². The molecule has 1 amide bonds. The summed E-state index contributed by atoms with van der Waals surface area (Å²) >= 11 is 0. The van der Waals surface area contributed by atoms with E-state index >= 15 is 0 Å². The summed E-state index contributed by atoms with van der Waals surface area (Å²) in [4.78, 5) is 25.2. The molecule has 1 aromatic heterocycles. The lowest BCUT2D eigenvalue weighted by molar-refractivity contribution is 0.102.